The zero-order valence-electron chi connectivity index (χ0n) is 10.8. The van der Waals surface area contributed by atoms with Gasteiger partial charge in [-0.05, 0) is 48.6 Å². The van der Waals surface area contributed by atoms with Crippen LogP contribution in [0.5, 0.6) is 5.75 Å². The molecule has 0 radical (unpaired) electrons. The van der Waals surface area contributed by atoms with E-state index in [4.69, 9.17) is 11.6 Å². The van der Waals surface area contributed by atoms with Crippen LogP contribution in [0.4, 0.5) is 16.5 Å². The largest absolute Gasteiger partial charge is 0.502 e. The number of nitrogens with one attached hydrogen (secondary N) is 2. The zero-order valence-corrected chi connectivity index (χ0v) is 12.3. The average molecular weight is 311 g/mol. The lowest BCUT2D eigenvalue weighted by molar-refractivity contribution is 0.401. The molecule has 1 fully saturated rings. The van der Waals surface area contributed by atoms with Crippen LogP contribution in [-0.2, 0) is 0 Å². The number of halogens is 1. The predicted octanol–water partition coefficient (Wildman–Crippen LogP) is 3.67. The molecule has 0 unspecified atom stereocenters. The Morgan fingerprint density at radius 2 is 1.90 bits per heavy atom. The third kappa shape index (κ3) is 2.98. The summed E-state index contributed by atoms with van der Waals surface area (Å²) >= 11 is 7.07. The van der Waals surface area contributed by atoms with Crippen molar-refractivity contribution in [3.63, 3.8) is 0 Å². The van der Waals surface area contributed by atoms with E-state index in [0.29, 0.717) is 15.8 Å². The smallest absolute Gasteiger partial charge is 0.198 e. The molecule has 0 atom stereocenters. The molecule has 1 aliphatic rings. The van der Waals surface area contributed by atoms with Crippen molar-refractivity contribution in [3.05, 3.63) is 29.3 Å². The van der Waals surface area contributed by atoms with E-state index in [1.165, 1.54) is 24.4 Å². The van der Waals surface area contributed by atoms with E-state index in [1.807, 2.05) is 12.1 Å². The molecule has 20 heavy (non-hydrogen) atoms. The van der Waals surface area contributed by atoms with Crippen LogP contribution >= 0.6 is 23.1 Å². The quantitative estimate of drug-likeness (QED) is 0.804. The van der Waals surface area contributed by atoms with E-state index in [9.17, 15) is 5.11 Å². The zero-order chi connectivity index (χ0) is 13.9. The van der Waals surface area contributed by atoms with Crippen molar-refractivity contribution in [2.24, 2.45) is 0 Å². The minimum Gasteiger partial charge on any atom is -0.502 e. The third-order valence-corrected chi connectivity index (χ3v) is 4.14. The van der Waals surface area contributed by atoms with Crippen molar-refractivity contribution in [2.45, 2.75) is 12.8 Å². The molecule has 0 amide bonds. The Balaban J connectivity index is 1.71. The van der Waals surface area contributed by atoms with Crippen molar-refractivity contribution >= 4 is 39.6 Å². The summed E-state index contributed by atoms with van der Waals surface area (Å²) in [7, 11) is 0. The third-order valence-electron chi connectivity index (χ3n) is 3.14. The lowest BCUT2D eigenvalue weighted by atomic mass is 10.3. The summed E-state index contributed by atoms with van der Waals surface area (Å²) in [6, 6.07) is 7.31. The highest BCUT2D eigenvalue weighted by Crippen LogP contribution is 2.38. The highest BCUT2D eigenvalue weighted by Gasteiger charge is 2.17. The molecule has 1 aromatic heterocycles. The van der Waals surface area contributed by atoms with Crippen LogP contribution in [0.15, 0.2) is 24.3 Å². The Hall–Kier alpha value is -1.50. The fourth-order valence-electron chi connectivity index (χ4n) is 2.08. The van der Waals surface area contributed by atoms with Gasteiger partial charge in [-0.1, -0.05) is 11.6 Å². The summed E-state index contributed by atoms with van der Waals surface area (Å²) in [5, 5.41) is 16.7. The summed E-state index contributed by atoms with van der Waals surface area (Å²) in [6.45, 7) is 1.97. The number of hydrogen-bond acceptors (Lipinski definition) is 6. The predicted molar refractivity (Wildman–Crippen MR) is 82.9 cm³/mol. The van der Waals surface area contributed by atoms with Gasteiger partial charge in [-0.15, -0.1) is 0 Å². The van der Waals surface area contributed by atoms with Crippen molar-refractivity contribution in [1.82, 2.24) is 9.38 Å². The van der Waals surface area contributed by atoms with Gasteiger partial charge in [-0.3, -0.25) is 5.43 Å². The van der Waals surface area contributed by atoms with Gasteiger partial charge < -0.3 is 10.4 Å². The van der Waals surface area contributed by atoms with Crippen molar-refractivity contribution in [3.8, 4) is 5.75 Å². The molecule has 0 bridgehead atoms. The molecule has 2 heterocycles. The molecule has 3 rings (SSSR count). The number of hydrazine groups is 1. The number of aromatic hydroxyl groups is 1. The number of nitrogens with zero attached hydrogens (tertiary/aromatic N) is 2. The van der Waals surface area contributed by atoms with Crippen LogP contribution in [0.1, 0.15) is 12.8 Å². The maximum atomic E-state index is 10.2. The molecular weight excluding hydrogens is 296 g/mol. The maximum absolute atomic E-state index is 10.2. The molecule has 106 valence electrons. The standard InChI is InChI=1S/C13H15ClN4OS/c14-9-3-5-10(6-4-9)15-13-11(19)12(17-20-13)16-18-7-1-2-8-18/h3-6,15,19H,1-2,7-8H2,(H,16,17). The molecule has 7 heteroatoms. The highest BCUT2D eigenvalue weighted by atomic mass is 35.5. The molecule has 5 nitrogen and oxygen atoms in total. The average Bonchev–Trinajstić information content (AvgIpc) is 3.06. The molecular formula is C13H15ClN4OS. The van der Waals surface area contributed by atoms with Crippen LogP contribution in [0.25, 0.3) is 0 Å². The van der Waals surface area contributed by atoms with Gasteiger partial charge in [0.25, 0.3) is 0 Å². The van der Waals surface area contributed by atoms with Crippen LogP contribution in [0, 0.1) is 0 Å². The van der Waals surface area contributed by atoms with E-state index < -0.39 is 0 Å². The first-order valence-electron chi connectivity index (χ1n) is 6.45. The van der Waals surface area contributed by atoms with Crippen LogP contribution in [-0.4, -0.2) is 27.6 Å². The van der Waals surface area contributed by atoms with E-state index >= 15 is 0 Å². The second-order valence-electron chi connectivity index (χ2n) is 4.65. The SMILES string of the molecule is Oc1c(NN2CCCC2)nsc1Nc1ccc(Cl)cc1. The van der Waals surface area contributed by atoms with Gasteiger partial charge in [0.1, 0.15) is 0 Å². The summed E-state index contributed by atoms with van der Waals surface area (Å²) in [6.07, 6.45) is 2.35. The Labute approximate surface area is 126 Å². The normalized spacial score (nSPS) is 15.4. The number of rotatable bonds is 4. The minimum absolute atomic E-state index is 0.150. The summed E-state index contributed by atoms with van der Waals surface area (Å²) in [4.78, 5) is 0. The highest BCUT2D eigenvalue weighted by molar-refractivity contribution is 7.11. The molecule has 1 aliphatic heterocycles. The fraction of sp³-hybridized carbons (Fsp3) is 0.308. The van der Waals surface area contributed by atoms with Crippen molar-refractivity contribution in [2.75, 3.05) is 23.8 Å². The summed E-state index contributed by atoms with van der Waals surface area (Å²) in [5.41, 5.74) is 4.01. The van der Waals surface area contributed by atoms with E-state index in [2.05, 4.69) is 20.1 Å². The fourth-order valence-corrected chi connectivity index (χ4v) is 2.87. The first-order chi connectivity index (χ1) is 9.72. The molecule has 3 N–H and O–H groups in total. The number of benzene rings is 1. The Morgan fingerprint density at radius 1 is 1.20 bits per heavy atom. The van der Waals surface area contributed by atoms with Crippen molar-refractivity contribution in [1.29, 1.82) is 0 Å². The van der Waals surface area contributed by atoms with Gasteiger partial charge in [0.2, 0.25) is 0 Å². The number of aromatic nitrogens is 1. The Kier molecular flexibility index (Phi) is 3.95. The molecule has 0 spiro atoms. The van der Waals surface area contributed by atoms with Gasteiger partial charge in [-0.25, -0.2) is 5.01 Å². The monoisotopic (exact) mass is 310 g/mol. The van der Waals surface area contributed by atoms with Crippen LogP contribution in [0.3, 0.4) is 0 Å². The van der Waals surface area contributed by atoms with E-state index in [-0.39, 0.29) is 5.75 Å². The topological polar surface area (TPSA) is 60.4 Å². The Bertz CT molecular complexity index is 581. The second kappa shape index (κ2) is 5.87. The van der Waals surface area contributed by atoms with Crippen LogP contribution < -0.4 is 10.7 Å². The second-order valence-corrected chi connectivity index (χ2v) is 5.86. The molecule has 0 saturated carbocycles. The van der Waals surface area contributed by atoms with Gasteiger partial charge in [-0.2, -0.15) is 4.37 Å². The molecule has 2 aromatic rings. The van der Waals surface area contributed by atoms with E-state index in [0.717, 1.165) is 18.8 Å². The van der Waals surface area contributed by atoms with Gasteiger partial charge in [0.15, 0.2) is 16.6 Å². The summed E-state index contributed by atoms with van der Waals surface area (Å²) in [5.74, 6) is 0.658. The first-order valence-corrected chi connectivity index (χ1v) is 7.60. The number of anilines is 3. The van der Waals surface area contributed by atoms with Gasteiger partial charge in [0.05, 0.1) is 0 Å². The number of hydrogen-bond donors (Lipinski definition) is 3. The Morgan fingerprint density at radius 3 is 2.60 bits per heavy atom. The minimum atomic E-state index is 0.150. The molecule has 1 aromatic carbocycles. The van der Waals surface area contributed by atoms with Gasteiger partial charge >= 0.3 is 0 Å². The van der Waals surface area contributed by atoms with Gasteiger partial charge in [0, 0.05) is 23.8 Å². The molecule has 0 aliphatic carbocycles. The summed E-state index contributed by atoms with van der Waals surface area (Å²) < 4.78 is 4.24. The van der Waals surface area contributed by atoms with Crippen molar-refractivity contribution < 1.29 is 5.11 Å². The van der Waals surface area contributed by atoms with Crippen LogP contribution in [0.2, 0.25) is 5.02 Å². The lowest BCUT2D eigenvalue weighted by Crippen LogP contribution is -2.26. The first kappa shape index (κ1) is 13.5. The lowest BCUT2D eigenvalue weighted by Gasteiger charge is -2.15. The van der Waals surface area contributed by atoms with E-state index in [1.54, 1.807) is 12.1 Å². The molecule has 1 saturated heterocycles. The maximum Gasteiger partial charge on any atom is 0.198 e.